The Labute approximate surface area is 129 Å². The lowest BCUT2D eigenvalue weighted by Gasteiger charge is -2.23. The maximum absolute atomic E-state index is 6.04. The molecule has 1 aromatic carbocycles. The number of rotatable bonds is 1. The van der Waals surface area contributed by atoms with Crippen molar-refractivity contribution in [2.24, 2.45) is 7.05 Å². The summed E-state index contributed by atoms with van der Waals surface area (Å²) in [5.41, 5.74) is 3.17. The van der Waals surface area contributed by atoms with E-state index < -0.39 is 0 Å². The number of anilines is 1. The zero-order valence-electron chi connectivity index (χ0n) is 13.1. The molecule has 4 rings (SSSR count). The van der Waals surface area contributed by atoms with Crippen LogP contribution in [0.3, 0.4) is 0 Å². The van der Waals surface area contributed by atoms with Crippen molar-refractivity contribution in [2.45, 2.75) is 13.7 Å². The lowest BCUT2D eigenvalue weighted by molar-refractivity contribution is -0.658. The number of aryl methyl sites for hydroxylation is 1. The van der Waals surface area contributed by atoms with E-state index in [1.807, 2.05) is 12.1 Å². The quantitative estimate of drug-likeness (QED) is 0.503. The van der Waals surface area contributed by atoms with Crippen LogP contribution in [0.15, 0.2) is 53.1 Å². The molecular formula is C18H18BN2O+. The van der Waals surface area contributed by atoms with Gasteiger partial charge in [-0.05, 0) is 31.9 Å². The van der Waals surface area contributed by atoms with Crippen LogP contribution in [0, 0.1) is 0 Å². The highest BCUT2D eigenvalue weighted by Crippen LogP contribution is 2.20. The van der Waals surface area contributed by atoms with Crippen molar-refractivity contribution in [3.63, 3.8) is 0 Å². The Kier molecular flexibility index (Phi) is 2.86. The van der Waals surface area contributed by atoms with Crippen LogP contribution >= 0.6 is 0 Å². The van der Waals surface area contributed by atoms with Crippen LogP contribution in [-0.2, 0) is 7.05 Å². The fraction of sp³-hybridized carbons (Fsp3) is 0.167. The minimum absolute atomic E-state index is 0.252. The first-order valence-corrected chi connectivity index (χ1v) is 7.61. The molecule has 0 fully saturated rings. The van der Waals surface area contributed by atoms with E-state index in [1.54, 1.807) is 0 Å². The number of fused-ring (bicyclic) bond motifs is 3. The average molecular weight is 289 g/mol. The van der Waals surface area contributed by atoms with Crippen LogP contribution in [0.2, 0.25) is 6.82 Å². The van der Waals surface area contributed by atoms with Gasteiger partial charge in [0.15, 0.2) is 0 Å². The molecule has 0 bridgehead atoms. The monoisotopic (exact) mass is 289 g/mol. The second-order valence-electron chi connectivity index (χ2n) is 5.87. The van der Waals surface area contributed by atoms with Crippen LogP contribution in [0.1, 0.15) is 6.92 Å². The summed E-state index contributed by atoms with van der Waals surface area (Å²) in [6.07, 6.45) is 2.08. The van der Waals surface area contributed by atoms with E-state index >= 15 is 0 Å². The summed E-state index contributed by atoms with van der Waals surface area (Å²) in [5.74, 6) is 3.38. The molecule has 0 radical (unpaired) electrons. The van der Waals surface area contributed by atoms with Crippen LogP contribution in [-0.4, -0.2) is 6.85 Å². The largest absolute Gasteiger partial charge is 0.457 e. The topological polar surface area (TPSA) is 20.3 Å². The van der Waals surface area contributed by atoms with Crippen molar-refractivity contribution >= 4 is 35.3 Å². The highest BCUT2D eigenvalue weighted by atomic mass is 16.3. The number of aromatic nitrogens is 1. The third kappa shape index (κ3) is 1.80. The number of hydrogen-bond acceptors (Lipinski definition) is 2. The molecule has 0 saturated heterocycles. The first kappa shape index (κ1) is 13.2. The van der Waals surface area contributed by atoms with E-state index in [1.165, 1.54) is 22.1 Å². The Morgan fingerprint density at radius 1 is 1.09 bits per heavy atom. The lowest BCUT2D eigenvalue weighted by Crippen LogP contribution is -2.50. The van der Waals surface area contributed by atoms with Crippen LogP contribution < -0.4 is 20.0 Å². The first-order valence-electron chi connectivity index (χ1n) is 7.61. The average Bonchev–Trinajstić information content (AvgIpc) is 2.87. The van der Waals surface area contributed by atoms with Gasteiger partial charge in [0.05, 0.1) is 24.2 Å². The van der Waals surface area contributed by atoms with Crippen molar-refractivity contribution in [1.29, 1.82) is 0 Å². The highest BCUT2D eigenvalue weighted by Gasteiger charge is 2.33. The van der Waals surface area contributed by atoms with Gasteiger partial charge in [-0.1, -0.05) is 24.3 Å². The summed E-state index contributed by atoms with van der Waals surface area (Å²) >= 11 is 0. The Bertz CT molecular complexity index is 990. The van der Waals surface area contributed by atoms with Crippen molar-refractivity contribution < 1.29 is 8.98 Å². The fourth-order valence-corrected chi connectivity index (χ4v) is 3.42. The van der Waals surface area contributed by atoms with Gasteiger partial charge in [-0.25, -0.2) is 4.57 Å². The molecule has 0 amide bonds. The van der Waals surface area contributed by atoms with Crippen molar-refractivity contribution in [3.8, 4) is 0 Å². The molecule has 22 heavy (non-hydrogen) atoms. The van der Waals surface area contributed by atoms with Gasteiger partial charge < -0.3 is 4.42 Å². The van der Waals surface area contributed by atoms with Crippen LogP contribution in [0.5, 0.6) is 0 Å². The molecule has 0 atom stereocenters. The summed E-state index contributed by atoms with van der Waals surface area (Å²) in [6, 6.07) is 14.5. The molecule has 1 aliphatic heterocycles. The molecule has 4 heteroatoms. The summed E-state index contributed by atoms with van der Waals surface area (Å²) in [4.78, 5) is 2.37. The molecule has 0 unspecified atom stereocenters. The summed E-state index contributed by atoms with van der Waals surface area (Å²) in [6.45, 7) is 4.63. The first-order chi connectivity index (χ1) is 10.7. The molecule has 2 aromatic heterocycles. The Morgan fingerprint density at radius 2 is 1.86 bits per heavy atom. The minimum Gasteiger partial charge on any atom is -0.457 e. The fourth-order valence-electron chi connectivity index (χ4n) is 3.42. The van der Waals surface area contributed by atoms with Gasteiger partial charge in [-0.15, -0.1) is 0 Å². The predicted molar refractivity (Wildman–Crippen MR) is 90.7 cm³/mol. The van der Waals surface area contributed by atoms with Gasteiger partial charge in [0, 0.05) is 11.5 Å². The summed E-state index contributed by atoms with van der Waals surface area (Å²) in [7, 11) is 2.08. The van der Waals surface area contributed by atoms with E-state index in [2.05, 4.69) is 72.7 Å². The molecule has 0 spiro atoms. The predicted octanol–water partition coefficient (Wildman–Crippen LogP) is 1.85. The van der Waals surface area contributed by atoms with Crippen LogP contribution in [0.4, 0.5) is 5.82 Å². The third-order valence-electron chi connectivity index (χ3n) is 4.42. The van der Waals surface area contributed by atoms with Gasteiger partial charge in [-0.2, -0.15) is 0 Å². The number of para-hydroxylation sites is 1. The third-order valence-corrected chi connectivity index (χ3v) is 4.42. The number of hydrogen-bond donors (Lipinski definition) is 0. The van der Waals surface area contributed by atoms with E-state index in [0.717, 1.165) is 11.0 Å². The molecule has 1 aliphatic rings. The Morgan fingerprint density at radius 3 is 2.68 bits per heavy atom. The molecule has 0 saturated carbocycles. The lowest BCUT2D eigenvalue weighted by atomic mass is 9.61. The smallest absolute Gasteiger partial charge is 0.405 e. The SMILES string of the molecule is CB1C=c2oc3ccccc3c2=C(C)N1c1cccc[n+]1C. The summed E-state index contributed by atoms with van der Waals surface area (Å²) in [5, 5.41) is 2.39. The molecule has 3 aromatic rings. The number of benzene rings is 1. The normalized spacial score (nSPS) is 14.2. The minimum atomic E-state index is 0.252. The zero-order chi connectivity index (χ0) is 15.3. The van der Waals surface area contributed by atoms with Crippen molar-refractivity contribution in [1.82, 2.24) is 0 Å². The van der Waals surface area contributed by atoms with Gasteiger partial charge in [0.25, 0.3) is 5.82 Å². The zero-order valence-corrected chi connectivity index (χ0v) is 13.1. The number of pyridine rings is 1. The van der Waals surface area contributed by atoms with E-state index in [9.17, 15) is 0 Å². The van der Waals surface area contributed by atoms with Crippen molar-refractivity contribution in [3.05, 3.63) is 59.3 Å². The van der Waals surface area contributed by atoms with Crippen LogP contribution in [0.25, 0.3) is 22.6 Å². The number of nitrogens with zero attached hydrogens (tertiary/aromatic N) is 2. The molecule has 3 nitrogen and oxygen atoms in total. The van der Waals surface area contributed by atoms with E-state index in [4.69, 9.17) is 4.42 Å². The van der Waals surface area contributed by atoms with Crippen molar-refractivity contribution in [2.75, 3.05) is 4.81 Å². The highest BCUT2D eigenvalue weighted by molar-refractivity contribution is 6.77. The van der Waals surface area contributed by atoms with Gasteiger partial charge in [-0.3, -0.25) is 4.81 Å². The molecule has 3 heterocycles. The number of furan rings is 1. The van der Waals surface area contributed by atoms with E-state index in [-0.39, 0.29) is 6.85 Å². The Balaban J connectivity index is 2.07. The maximum atomic E-state index is 6.04. The molecular weight excluding hydrogens is 271 g/mol. The van der Waals surface area contributed by atoms with Gasteiger partial charge in [0.2, 0.25) is 0 Å². The van der Waals surface area contributed by atoms with E-state index in [0.29, 0.717) is 0 Å². The van der Waals surface area contributed by atoms with Gasteiger partial charge in [0.1, 0.15) is 11.0 Å². The Hall–Kier alpha value is -2.49. The summed E-state index contributed by atoms with van der Waals surface area (Å²) < 4.78 is 8.19. The second-order valence-corrected chi connectivity index (χ2v) is 5.87. The molecule has 0 N–H and O–H groups in total. The molecule has 0 aliphatic carbocycles. The molecule has 108 valence electrons. The second kappa shape index (κ2) is 4.77. The maximum Gasteiger partial charge on any atom is 0.405 e. The van der Waals surface area contributed by atoms with Gasteiger partial charge >= 0.3 is 6.85 Å². The standard InChI is InChI=1S/C18H18BN2O/c1-13-18-14-8-4-5-9-15(14)22-16(18)12-19(2)21(13)17-10-6-7-11-20(17)3/h4-12H,1-3H3/q+1.